The van der Waals surface area contributed by atoms with E-state index in [2.05, 4.69) is 30.5 Å². The van der Waals surface area contributed by atoms with Gasteiger partial charge in [-0.25, -0.2) is 0 Å². The summed E-state index contributed by atoms with van der Waals surface area (Å²) in [4.78, 5) is 2.83. The van der Waals surface area contributed by atoms with Gasteiger partial charge in [-0.1, -0.05) is 25.1 Å². The third kappa shape index (κ3) is 2.12. The fourth-order valence-corrected chi connectivity index (χ4v) is 6.46. The zero-order valence-electron chi connectivity index (χ0n) is 14.8. The first kappa shape index (κ1) is 15.0. The van der Waals surface area contributed by atoms with Gasteiger partial charge in [0.25, 0.3) is 0 Å². The molecule has 2 bridgehead atoms. The molecular weight excluding hydrogens is 294 g/mol. The molecule has 1 saturated heterocycles. The molecule has 128 valence electrons. The first-order valence-corrected chi connectivity index (χ1v) is 9.80. The van der Waals surface area contributed by atoms with Gasteiger partial charge in [0.2, 0.25) is 0 Å². The second-order valence-electron chi connectivity index (χ2n) is 9.09. The summed E-state index contributed by atoms with van der Waals surface area (Å²) in [5.74, 6) is 2.83. The molecule has 2 heteroatoms. The zero-order valence-corrected chi connectivity index (χ0v) is 14.8. The van der Waals surface area contributed by atoms with Gasteiger partial charge in [0.1, 0.15) is 5.75 Å². The van der Waals surface area contributed by atoms with Crippen molar-refractivity contribution in [2.75, 3.05) is 13.1 Å². The molecule has 0 amide bonds. The number of allylic oxidation sites excluding steroid dienone is 1. The van der Waals surface area contributed by atoms with Crippen LogP contribution in [-0.2, 0) is 11.8 Å². The molecule has 5 rings (SSSR count). The topological polar surface area (TPSA) is 23.5 Å². The maximum atomic E-state index is 10.2. The van der Waals surface area contributed by atoms with Gasteiger partial charge in [-0.2, -0.15) is 0 Å². The van der Waals surface area contributed by atoms with Crippen molar-refractivity contribution in [3.05, 3.63) is 41.5 Å². The normalized spacial score (nSPS) is 38.5. The standard InChI is InChI=1S/C22H29NO/c1-14-9-15(2)21-20-10-17-5-6-18(24)11-19(17)22(21,12-14)7-8-23(20)13-16-3-4-16/h5-6,11,15-16,20-21,24H,1,3-4,7-10,12-13H2,2H3/t15-,20?,21?,22?/m0/s1. The Morgan fingerprint density at radius 1 is 1.29 bits per heavy atom. The number of phenols is 1. The van der Waals surface area contributed by atoms with Crippen molar-refractivity contribution in [2.45, 2.75) is 56.9 Å². The van der Waals surface area contributed by atoms with E-state index in [0.717, 1.165) is 18.3 Å². The molecule has 1 aliphatic heterocycles. The lowest BCUT2D eigenvalue weighted by atomic mass is 9.49. The van der Waals surface area contributed by atoms with E-state index in [9.17, 15) is 5.11 Å². The monoisotopic (exact) mass is 323 g/mol. The molecular formula is C22H29NO. The molecule has 3 aliphatic carbocycles. The van der Waals surface area contributed by atoms with E-state index in [1.54, 1.807) is 0 Å². The number of fused-ring (bicyclic) bond motifs is 1. The van der Waals surface area contributed by atoms with Crippen molar-refractivity contribution < 1.29 is 5.11 Å². The van der Waals surface area contributed by atoms with Crippen LogP contribution in [0.4, 0.5) is 0 Å². The second-order valence-corrected chi connectivity index (χ2v) is 9.09. The molecule has 4 aliphatic rings. The van der Waals surface area contributed by atoms with E-state index in [1.807, 2.05) is 6.07 Å². The number of hydrogen-bond acceptors (Lipinski definition) is 2. The van der Waals surface area contributed by atoms with Crippen molar-refractivity contribution in [1.29, 1.82) is 0 Å². The third-order valence-electron chi connectivity index (χ3n) is 7.40. The summed E-state index contributed by atoms with van der Waals surface area (Å²) in [7, 11) is 0. The van der Waals surface area contributed by atoms with Crippen LogP contribution < -0.4 is 0 Å². The fourth-order valence-electron chi connectivity index (χ4n) is 6.46. The Bertz CT molecular complexity index is 691. The highest BCUT2D eigenvalue weighted by atomic mass is 16.3. The highest BCUT2D eigenvalue weighted by Crippen LogP contribution is 2.59. The van der Waals surface area contributed by atoms with E-state index >= 15 is 0 Å². The predicted octanol–water partition coefficient (Wildman–Crippen LogP) is 4.27. The smallest absolute Gasteiger partial charge is 0.115 e. The van der Waals surface area contributed by atoms with Gasteiger partial charge in [-0.15, -0.1) is 0 Å². The average Bonchev–Trinajstić information content (AvgIpc) is 3.34. The maximum absolute atomic E-state index is 10.2. The van der Waals surface area contributed by atoms with E-state index < -0.39 is 0 Å². The Balaban J connectivity index is 1.63. The molecule has 24 heavy (non-hydrogen) atoms. The van der Waals surface area contributed by atoms with Crippen LogP contribution in [0.5, 0.6) is 5.75 Å². The van der Waals surface area contributed by atoms with Crippen molar-refractivity contribution in [2.24, 2.45) is 17.8 Å². The SMILES string of the molecule is C=C1C[C@H](C)C2C3Cc4ccc(O)cc4C2(CCN3CC2CC2)C1. The van der Waals surface area contributed by atoms with E-state index in [0.29, 0.717) is 17.7 Å². The molecule has 0 radical (unpaired) electrons. The van der Waals surface area contributed by atoms with Gasteiger partial charge >= 0.3 is 0 Å². The molecule has 3 fully saturated rings. The summed E-state index contributed by atoms with van der Waals surface area (Å²) in [5, 5.41) is 10.2. The minimum atomic E-state index is 0.228. The van der Waals surface area contributed by atoms with Crippen LogP contribution >= 0.6 is 0 Å². The van der Waals surface area contributed by atoms with Crippen LogP contribution in [0.25, 0.3) is 0 Å². The predicted molar refractivity (Wildman–Crippen MR) is 97.2 cm³/mol. The van der Waals surface area contributed by atoms with E-state index in [4.69, 9.17) is 0 Å². The summed E-state index contributed by atoms with van der Waals surface area (Å²) < 4.78 is 0. The molecule has 2 nitrogen and oxygen atoms in total. The van der Waals surface area contributed by atoms with Crippen molar-refractivity contribution in [1.82, 2.24) is 4.90 Å². The molecule has 4 atom stereocenters. The first-order chi connectivity index (χ1) is 11.6. The maximum Gasteiger partial charge on any atom is 0.115 e. The lowest BCUT2D eigenvalue weighted by Gasteiger charge is -2.61. The summed E-state index contributed by atoms with van der Waals surface area (Å²) in [6.07, 6.45) is 7.61. The Labute approximate surface area is 145 Å². The van der Waals surface area contributed by atoms with Crippen molar-refractivity contribution >= 4 is 0 Å². The summed E-state index contributed by atoms with van der Waals surface area (Å²) >= 11 is 0. The molecule has 1 aromatic carbocycles. The van der Waals surface area contributed by atoms with Gasteiger partial charge < -0.3 is 5.11 Å². The van der Waals surface area contributed by atoms with Crippen LogP contribution in [-0.4, -0.2) is 29.1 Å². The van der Waals surface area contributed by atoms with Crippen LogP contribution in [0, 0.1) is 17.8 Å². The van der Waals surface area contributed by atoms with Gasteiger partial charge in [0, 0.05) is 18.0 Å². The van der Waals surface area contributed by atoms with Crippen LogP contribution in [0.15, 0.2) is 30.4 Å². The summed E-state index contributed by atoms with van der Waals surface area (Å²) in [5.41, 5.74) is 4.58. The minimum absolute atomic E-state index is 0.228. The van der Waals surface area contributed by atoms with Gasteiger partial charge in [-0.05, 0) is 86.1 Å². The summed E-state index contributed by atoms with van der Waals surface area (Å²) in [6.45, 7) is 9.39. The van der Waals surface area contributed by atoms with E-state index in [-0.39, 0.29) is 5.41 Å². The lowest BCUT2D eigenvalue weighted by Crippen LogP contribution is -2.63. The molecule has 2 saturated carbocycles. The Morgan fingerprint density at radius 3 is 2.92 bits per heavy atom. The molecule has 1 aromatic rings. The summed E-state index contributed by atoms with van der Waals surface area (Å²) in [6, 6.07) is 6.86. The van der Waals surface area contributed by atoms with Crippen LogP contribution in [0.2, 0.25) is 0 Å². The minimum Gasteiger partial charge on any atom is -0.508 e. The van der Waals surface area contributed by atoms with Crippen LogP contribution in [0.3, 0.4) is 0 Å². The number of hydrogen-bond donors (Lipinski definition) is 1. The molecule has 1 N–H and O–H groups in total. The number of rotatable bonds is 2. The number of phenolic OH excluding ortho intramolecular Hbond substituents is 1. The molecule has 3 unspecified atom stereocenters. The fraction of sp³-hybridized carbons (Fsp3) is 0.636. The highest BCUT2D eigenvalue weighted by molar-refractivity contribution is 5.46. The number of piperidine rings is 1. The third-order valence-corrected chi connectivity index (χ3v) is 7.40. The number of aromatic hydroxyl groups is 1. The average molecular weight is 323 g/mol. The number of benzene rings is 1. The zero-order chi connectivity index (χ0) is 16.5. The second kappa shape index (κ2) is 5.11. The Morgan fingerprint density at radius 2 is 2.12 bits per heavy atom. The van der Waals surface area contributed by atoms with Gasteiger partial charge in [0.05, 0.1) is 0 Å². The van der Waals surface area contributed by atoms with Gasteiger partial charge in [0.15, 0.2) is 0 Å². The Hall–Kier alpha value is -1.28. The first-order valence-electron chi connectivity index (χ1n) is 9.80. The van der Waals surface area contributed by atoms with Crippen molar-refractivity contribution in [3.8, 4) is 5.75 Å². The molecule has 0 spiro atoms. The number of nitrogens with zero attached hydrogens (tertiary/aromatic N) is 1. The molecule has 0 aromatic heterocycles. The van der Waals surface area contributed by atoms with Crippen molar-refractivity contribution in [3.63, 3.8) is 0 Å². The molecule has 1 heterocycles. The quantitative estimate of drug-likeness (QED) is 0.822. The Kier molecular flexibility index (Phi) is 3.20. The van der Waals surface area contributed by atoms with Crippen LogP contribution in [0.1, 0.15) is 50.2 Å². The highest BCUT2D eigenvalue weighted by Gasteiger charge is 2.57. The largest absolute Gasteiger partial charge is 0.508 e. The number of likely N-dealkylation sites (tertiary alicyclic amines) is 1. The van der Waals surface area contributed by atoms with E-state index in [1.165, 1.54) is 61.9 Å². The lowest BCUT2D eigenvalue weighted by molar-refractivity contribution is -0.0283. The van der Waals surface area contributed by atoms with Gasteiger partial charge in [-0.3, -0.25) is 4.90 Å².